The number of hydrogen-bond acceptors (Lipinski definition) is 7. The van der Waals surface area contributed by atoms with Gasteiger partial charge in [-0.05, 0) is 31.0 Å². The van der Waals surface area contributed by atoms with Crippen LogP contribution >= 0.6 is 0 Å². The molecule has 2 aliphatic heterocycles. The van der Waals surface area contributed by atoms with Gasteiger partial charge in [-0.1, -0.05) is 6.07 Å². The number of likely N-dealkylation sites (N-methyl/N-ethyl adjacent to an activating group) is 1. The Hall–Kier alpha value is -1.93. The highest BCUT2D eigenvalue weighted by Crippen LogP contribution is 2.26. The fourth-order valence-electron chi connectivity index (χ4n) is 4.26. The van der Waals surface area contributed by atoms with Crippen LogP contribution in [0.1, 0.15) is 5.56 Å². The normalized spacial score (nSPS) is 24.6. The molecule has 7 heteroatoms. The standard InChI is InChI=1S/C21H30N6O/c1-25-6-8-26(9-7-25)13-18-14-27(15-19(18)16-28)12-17-10-23-21(24-11-17)20-4-2-3-5-22-20/h2-5,10-11,18-19,28H,6-9,12-16H2,1H3/t18-,19-/m1/s1. The molecule has 0 unspecified atom stereocenters. The summed E-state index contributed by atoms with van der Waals surface area (Å²) in [6, 6.07) is 5.75. The summed E-state index contributed by atoms with van der Waals surface area (Å²) in [7, 11) is 2.19. The molecule has 1 N–H and O–H groups in total. The molecule has 0 amide bonds. The zero-order valence-electron chi connectivity index (χ0n) is 16.6. The van der Waals surface area contributed by atoms with Gasteiger partial charge in [0.25, 0.3) is 0 Å². The van der Waals surface area contributed by atoms with Crippen molar-refractivity contribution in [1.29, 1.82) is 0 Å². The van der Waals surface area contributed by atoms with Crippen molar-refractivity contribution >= 4 is 0 Å². The lowest BCUT2D eigenvalue weighted by molar-refractivity contribution is 0.116. The number of aliphatic hydroxyl groups is 1. The predicted molar refractivity (Wildman–Crippen MR) is 109 cm³/mol. The number of nitrogens with zero attached hydrogens (tertiary/aromatic N) is 6. The van der Waals surface area contributed by atoms with E-state index in [1.807, 2.05) is 30.6 Å². The molecular formula is C21H30N6O. The van der Waals surface area contributed by atoms with Gasteiger partial charge in [-0.25, -0.2) is 9.97 Å². The van der Waals surface area contributed by atoms with Crippen LogP contribution in [0.4, 0.5) is 0 Å². The van der Waals surface area contributed by atoms with Gasteiger partial charge in [0, 0.05) is 83.1 Å². The molecule has 2 fully saturated rings. The molecular weight excluding hydrogens is 352 g/mol. The zero-order valence-corrected chi connectivity index (χ0v) is 16.6. The van der Waals surface area contributed by atoms with Gasteiger partial charge in [-0.2, -0.15) is 0 Å². The Kier molecular flexibility index (Phi) is 6.26. The Morgan fingerprint density at radius 3 is 2.39 bits per heavy atom. The van der Waals surface area contributed by atoms with Gasteiger partial charge in [-0.15, -0.1) is 0 Å². The fraction of sp³-hybridized carbons (Fsp3) is 0.571. The Morgan fingerprint density at radius 2 is 1.71 bits per heavy atom. The van der Waals surface area contributed by atoms with Crippen LogP contribution in [-0.2, 0) is 6.54 Å². The predicted octanol–water partition coefficient (Wildman–Crippen LogP) is 0.826. The fourth-order valence-corrected chi connectivity index (χ4v) is 4.26. The molecule has 0 spiro atoms. The molecule has 0 bridgehead atoms. The zero-order chi connectivity index (χ0) is 19.3. The smallest absolute Gasteiger partial charge is 0.178 e. The first kappa shape index (κ1) is 19.4. The van der Waals surface area contributed by atoms with E-state index in [9.17, 15) is 5.11 Å². The first-order chi connectivity index (χ1) is 13.7. The van der Waals surface area contributed by atoms with Crippen LogP contribution in [0.2, 0.25) is 0 Å². The third-order valence-corrected chi connectivity index (χ3v) is 5.98. The van der Waals surface area contributed by atoms with Crippen LogP contribution in [-0.4, -0.2) is 94.2 Å². The van der Waals surface area contributed by atoms with Crippen molar-refractivity contribution in [2.45, 2.75) is 6.54 Å². The van der Waals surface area contributed by atoms with Crippen molar-refractivity contribution in [2.24, 2.45) is 11.8 Å². The monoisotopic (exact) mass is 382 g/mol. The van der Waals surface area contributed by atoms with E-state index in [0.29, 0.717) is 17.7 Å². The van der Waals surface area contributed by atoms with Gasteiger partial charge < -0.3 is 14.9 Å². The molecule has 2 saturated heterocycles. The number of hydrogen-bond donors (Lipinski definition) is 1. The van der Waals surface area contributed by atoms with Gasteiger partial charge in [0.2, 0.25) is 0 Å². The molecule has 2 atom stereocenters. The molecule has 2 aromatic rings. The van der Waals surface area contributed by atoms with Crippen LogP contribution in [0.15, 0.2) is 36.8 Å². The summed E-state index contributed by atoms with van der Waals surface area (Å²) in [5, 5.41) is 9.87. The summed E-state index contributed by atoms with van der Waals surface area (Å²) in [6.07, 6.45) is 5.56. The molecule has 7 nitrogen and oxygen atoms in total. The molecule has 4 rings (SSSR count). The van der Waals surface area contributed by atoms with Crippen molar-refractivity contribution < 1.29 is 5.11 Å². The molecule has 0 aromatic carbocycles. The van der Waals surface area contributed by atoms with E-state index in [0.717, 1.165) is 63.6 Å². The second-order valence-electron chi connectivity index (χ2n) is 8.13. The highest BCUT2D eigenvalue weighted by molar-refractivity contribution is 5.47. The lowest BCUT2D eigenvalue weighted by Gasteiger charge is -2.34. The van der Waals surface area contributed by atoms with Gasteiger partial charge in [-0.3, -0.25) is 9.88 Å². The molecule has 2 aliphatic rings. The third kappa shape index (κ3) is 4.72. The highest BCUT2D eigenvalue weighted by Gasteiger charge is 2.33. The second kappa shape index (κ2) is 9.05. The van der Waals surface area contributed by atoms with Gasteiger partial charge in [0.15, 0.2) is 5.82 Å². The Balaban J connectivity index is 1.33. The van der Waals surface area contributed by atoms with E-state index in [-0.39, 0.29) is 6.61 Å². The molecule has 0 saturated carbocycles. The van der Waals surface area contributed by atoms with Crippen LogP contribution in [0.5, 0.6) is 0 Å². The molecule has 0 radical (unpaired) electrons. The van der Waals surface area contributed by atoms with Crippen LogP contribution in [0.3, 0.4) is 0 Å². The number of aliphatic hydroxyl groups excluding tert-OH is 1. The minimum absolute atomic E-state index is 0.268. The summed E-state index contributed by atoms with van der Waals surface area (Å²) in [6.45, 7) is 8.70. The Bertz CT molecular complexity index is 732. The molecule has 28 heavy (non-hydrogen) atoms. The quantitative estimate of drug-likeness (QED) is 0.793. The largest absolute Gasteiger partial charge is 0.396 e. The number of pyridine rings is 1. The van der Waals surface area contributed by atoms with E-state index in [4.69, 9.17) is 0 Å². The van der Waals surface area contributed by atoms with Crippen molar-refractivity contribution in [2.75, 3.05) is 59.5 Å². The molecule has 2 aromatic heterocycles. The maximum absolute atomic E-state index is 9.87. The number of likely N-dealkylation sites (tertiary alicyclic amines) is 1. The molecule has 0 aliphatic carbocycles. The summed E-state index contributed by atoms with van der Waals surface area (Å²) in [4.78, 5) is 20.6. The number of aromatic nitrogens is 3. The van der Waals surface area contributed by atoms with Crippen molar-refractivity contribution in [3.8, 4) is 11.5 Å². The maximum atomic E-state index is 9.87. The maximum Gasteiger partial charge on any atom is 0.178 e. The average molecular weight is 383 g/mol. The lowest BCUT2D eigenvalue weighted by atomic mass is 9.96. The Morgan fingerprint density at radius 1 is 0.964 bits per heavy atom. The average Bonchev–Trinajstić information content (AvgIpc) is 3.12. The van der Waals surface area contributed by atoms with Crippen LogP contribution in [0, 0.1) is 11.8 Å². The number of rotatable bonds is 6. The van der Waals surface area contributed by atoms with Gasteiger partial charge in [0.1, 0.15) is 5.69 Å². The van der Waals surface area contributed by atoms with Crippen LogP contribution < -0.4 is 0 Å². The summed E-state index contributed by atoms with van der Waals surface area (Å²) in [5.74, 6) is 1.54. The van der Waals surface area contributed by atoms with Crippen molar-refractivity contribution in [3.63, 3.8) is 0 Å². The topological polar surface area (TPSA) is 68.6 Å². The Labute approximate surface area is 167 Å². The van der Waals surface area contributed by atoms with Crippen LogP contribution in [0.25, 0.3) is 11.5 Å². The molecule has 4 heterocycles. The first-order valence-electron chi connectivity index (χ1n) is 10.2. The minimum atomic E-state index is 0.268. The number of piperazine rings is 1. The van der Waals surface area contributed by atoms with Crippen molar-refractivity contribution in [1.82, 2.24) is 29.7 Å². The third-order valence-electron chi connectivity index (χ3n) is 5.98. The van der Waals surface area contributed by atoms with E-state index in [1.165, 1.54) is 0 Å². The van der Waals surface area contributed by atoms with E-state index >= 15 is 0 Å². The van der Waals surface area contributed by atoms with E-state index < -0.39 is 0 Å². The van der Waals surface area contributed by atoms with Gasteiger partial charge in [0.05, 0.1) is 0 Å². The lowest BCUT2D eigenvalue weighted by Crippen LogP contribution is -2.47. The van der Waals surface area contributed by atoms with Gasteiger partial charge >= 0.3 is 0 Å². The molecule has 150 valence electrons. The minimum Gasteiger partial charge on any atom is -0.396 e. The van der Waals surface area contributed by atoms with E-state index in [1.54, 1.807) is 6.20 Å². The summed E-state index contributed by atoms with van der Waals surface area (Å²) in [5.41, 5.74) is 1.90. The van der Waals surface area contributed by atoms with Crippen molar-refractivity contribution in [3.05, 3.63) is 42.4 Å². The SMILES string of the molecule is CN1CCN(C[C@@H]2CN(Cc3cnc(-c4ccccn4)nc3)C[C@@H]2CO)CC1. The van der Waals surface area contributed by atoms with E-state index in [2.05, 4.69) is 36.7 Å². The highest BCUT2D eigenvalue weighted by atomic mass is 16.3. The second-order valence-corrected chi connectivity index (χ2v) is 8.13. The summed E-state index contributed by atoms with van der Waals surface area (Å²) >= 11 is 0. The first-order valence-corrected chi connectivity index (χ1v) is 10.2. The summed E-state index contributed by atoms with van der Waals surface area (Å²) < 4.78 is 0.